The van der Waals surface area contributed by atoms with Gasteiger partial charge in [-0.3, -0.25) is 4.79 Å². The summed E-state index contributed by atoms with van der Waals surface area (Å²) in [5, 5.41) is 3.03. The summed E-state index contributed by atoms with van der Waals surface area (Å²) in [4.78, 5) is 14.7. The number of thioether (sulfide) groups is 1. The molecule has 3 nitrogen and oxygen atoms in total. The molecule has 1 aliphatic rings. The van der Waals surface area contributed by atoms with Gasteiger partial charge in [-0.05, 0) is 68.6 Å². The van der Waals surface area contributed by atoms with Gasteiger partial charge in [0.05, 0.1) is 0 Å². The van der Waals surface area contributed by atoms with Crippen LogP contribution in [0.3, 0.4) is 0 Å². The third-order valence-electron chi connectivity index (χ3n) is 4.45. The molecule has 2 rings (SSSR count). The smallest absolute Gasteiger partial charge is 0.251 e. The fourth-order valence-corrected chi connectivity index (χ4v) is 3.70. The van der Waals surface area contributed by atoms with Crippen LogP contribution in [0.5, 0.6) is 0 Å². The van der Waals surface area contributed by atoms with Crippen molar-refractivity contribution in [3.8, 4) is 0 Å². The van der Waals surface area contributed by atoms with E-state index in [0.29, 0.717) is 0 Å². The molecule has 0 aliphatic carbocycles. The van der Waals surface area contributed by atoms with E-state index in [1.54, 1.807) is 11.8 Å². The fraction of sp³-hybridized carbons (Fsp3) is 0.632. The molecule has 1 unspecified atom stereocenters. The normalized spacial score (nSPS) is 18.8. The van der Waals surface area contributed by atoms with Crippen LogP contribution in [0.15, 0.2) is 24.3 Å². The zero-order chi connectivity index (χ0) is 16.5. The first kappa shape index (κ1) is 18.3. The number of likely N-dealkylation sites (tertiary alicyclic amines) is 1. The number of amides is 1. The van der Waals surface area contributed by atoms with E-state index < -0.39 is 0 Å². The van der Waals surface area contributed by atoms with E-state index in [2.05, 4.69) is 23.4 Å². The van der Waals surface area contributed by atoms with Crippen molar-refractivity contribution in [3.05, 3.63) is 35.4 Å². The first-order chi connectivity index (χ1) is 11.2. The predicted molar refractivity (Wildman–Crippen MR) is 100 cm³/mol. The van der Waals surface area contributed by atoms with Crippen LogP contribution in [-0.4, -0.2) is 43.2 Å². The summed E-state index contributed by atoms with van der Waals surface area (Å²) >= 11 is 1.80. The molecule has 0 saturated carbocycles. The second kappa shape index (κ2) is 9.99. The maximum atomic E-state index is 12.1. The number of unbranched alkanes of at least 4 members (excludes halogenated alkanes) is 1. The van der Waals surface area contributed by atoms with Crippen LogP contribution in [0.2, 0.25) is 0 Å². The Bertz CT molecular complexity index is 475. The monoisotopic (exact) mass is 334 g/mol. The van der Waals surface area contributed by atoms with Gasteiger partial charge in [-0.1, -0.05) is 19.1 Å². The van der Waals surface area contributed by atoms with E-state index in [1.807, 2.05) is 24.3 Å². The average molecular weight is 335 g/mol. The van der Waals surface area contributed by atoms with Crippen LogP contribution in [0.4, 0.5) is 0 Å². The number of carbonyl (C=O) groups excluding carboxylic acids is 1. The van der Waals surface area contributed by atoms with Crippen molar-refractivity contribution < 1.29 is 4.79 Å². The van der Waals surface area contributed by atoms with E-state index in [9.17, 15) is 4.79 Å². The van der Waals surface area contributed by atoms with Crippen molar-refractivity contribution in [1.29, 1.82) is 0 Å². The Balaban J connectivity index is 1.61. The molecule has 23 heavy (non-hydrogen) atoms. The largest absolute Gasteiger partial charge is 0.352 e. The number of rotatable bonds is 8. The highest BCUT2D eigenvalue weighted by Gasteiger charge is 2.15. The number of hydrogen-bond donors (Lipinski definition) is 1. The SMILES string of the molecule is CSCc1ccc(C(=O)NCCCCN2CCCC(C)C2)cc1. The molecule has 1 saturated heterocycles. The van der Waals surface area contributed by atoms with Crippen molar-refractivity contribution >= 4 is 17.7 Å². The van der Waals surface area contributed by atoms with Gasteiger partial charge in [-0.2, -0.15) is 11.8 Å². The minimum absolute atomic E-state index is 0.0484. The lowest BCUT2D eigenvalue weighted by atomic mass is 10.0. The Morgan fingerprint density at radius 1 is 1.30 bits per heavy atom. The summed E-state index contributed by atoms with van der Waals surface area (Å²) in [5.74, 6) is 1.89. The van der Waals surface area contributed by atoms with Crippen LogP contribution in [0.25, 0.3) is 0 Å². The molecule has 128 valence electrons. The van der Waals surface area contributed by atoms with Gasteiger partial charge in [0.2, 0.25) is 0 Å². The van der Waals surface area contributed by atoms with E-state index in [1.165, 1.54) is 44.5 Å². The molecule has 1 heterocycles. The van der Waals surface area contributed by atoms with Gasteiger partial charge < -0.3 is 10.2 Å². The first-order valence-electron chi connectivity index (χ1n) is 8.77. The molecule has 0 spiro atoms. The highest BCUT2D eigenvalue weighted by atomic mass is 32.2. The van der Waals surface area contributed by atoms with Crippen LogP contribution in [0, 0.1) is 5.92 Å². The van der Waals surface area contributed by atoms with E-state index in [4.69, 9.17) is 0 Å². The molecular formula is C19H30N2OS. The Morgan fingerprint density at radius 3 is 2.78 bits per heavy atom. The highest BCUT2D eigenvalue weighted by molar-refractivity contribution is 7.97. The molecule has 1 aliphatic heterocycles. The van der Waals surface area contributed by atoms with Crippen molar-refractivity contribution in [1.82, 2.24) is 10.2 Å². The standard InChI is InChI=1S/C19H30N2OS/c1-16-6-5-13-21(14-16)12-4-3-11-20-19(22)18-9-7-17(8-10-18)15-23-2/h7-10,16H,3-6,11-15H2,1-2H3,(H,20,22). The minimum atomic E-state index is 0.0484. The van der Waals surface area contributed by atoms with Crippen LogP contribution >= 0.6 is 11.8 Å². The number of carbonyl (C=O) groups is 1. The van der Waals surface area contributed by atoms with Crippen molar-refractivity contribution in [2.45, 2.75) is 38.4 Å². The fourth-order valence-electron chi connectivity index (χ4n) is 3.17. The molecule has 4 heteroatoms. The van der Waals surface area contributed by atoms with Gasteiger partial charge in [0, 0.05) is 24.4 Å². The van der Waals surface area contributed by atoms with E-state index in [0.717, 1.165) is 30.2 Å². The summed E-state index contributed by atoms with van der Waals surface area (Å²) in [6.07, 6.45) is 7.03. The third-order valence-corrected chi connectivity index (χ3v) is 5.08. The van der Waals surface area contributed by atoms with Crippen LogP contribution < -0.4 is 5.32 Å². The molecule has 1 atom stereocenters. The summed E-state index contributed by atoms with van der Waals surface area (Å²) in [5.41, 5.74) is 2.03. The molecule has 0 aromatic heterocycles. The zero-order valence-corrected chi connectivity index (χ0v) is 15.3. The molecule has 1 aromatic rings. The summed E-state index contributed by atoms with van der Waals surface area (Å²) in [7, 11) is 0. The molecule has 1 N–H and O–H groups in total. The maximum absolute atomic E-state index is 12.1. The van der Waals surface area contributed by atoms with Gasteiger partial charge in [0.1, 0.15) is 0 Å². The quantitative estimate of drug-likeness (QED) is 0.734. The van der Waals surface area contributed by atoms with E-state index >= 15 is 0 Å². The van der Waals surface area contributed by atoms with Crippen LogP contribution in [-0.2, 0) is 5.75 Å². The van der Waals surface area contributed by atoms with Crippen molar-refractivity contribution in [2.24, 2.45) is 5.92 Å². The predicted octanol–water partition coefficient (Wildman–Crippen LogP) is 3.79. The van der Waals surface area contributed by atoms with Gasteiger partial charge in [0.15, 0.2) is 0 Å². The molecule has 1 fully saturated rings. The number of hydrogen-bond acceptors (Lipinski definition) is 3. The van der Waals surface area contributed by atoms with Gasteiger partial charge >= 0.3 is 0 Å². The maximum Gasteiger partial charge on any atom is 0.251 e. The van der Waals surface area contributed by atoms with Crippen molar-refractivity contribution in [3.63, 3.8) is 0 Å². The lowest BCUT2D eigenvalue weighted by Gasteiger charge is -2.30. The summed E-state index contributed by atoms with van der Waals surface area (Å²) < 4.78 is 0. The Kier molecular flexibility index (Phi) is 7.96. The number of nitrogens with one attached hydrogen (secondary N) is 1. The van der Waals surface area contributed by atoms with Gasteiger partial charge in [-0.25, -0.2) is 0 Å². The number of piperidine rings is 1. The zero-order valence-electron chi connectivity index (χ0n) is 14.5. The Hall–Kier alpha value is -1.00. The molecular weight excluding hydrogens is 304 g/mol. The topological polar surface area (TPSA) is 32.3 Å². The molecule has 1 aromatic carbocycles. The Morgan fingerprint density at radius 2 is 2.09 bits per heavy atom. The summed E-state index contributed by atoms with van der Waals surface area (Å²) in [6, 6.07) is 7.94. The average Bonchev–Trinajstić information content (AvgIpc) is 2.55. The summed E-state index contributed by atoms with van der Waals surface area (Å²) in [6.45, 7) is 6.78. The van der Waals surface area contributed by atoms with Gasteiger partial charge in [0.25, 0.3) is 5.91 Å². The number of benzene rings is 1. The van der Waals surface area contributed by atoms with Crippen LogP contribution in [0.1, 0.15) is 48.5 Å². The second-order valence-electron chi connectivity index (χ2n) is 6.64. The second-order valence-corrected chi connectivity index (χ2v) is 7.51. The lowest BCUT2D eigenvalue weighted by Crippen LogP contribution is -2.35. The molecule has 0 bridgehead atoms. The number of nitrogens with zero attached hydrogens (tertiary/aromatic N) is 1. The minimum Gasteiger partial charge on any atom is -0.352 e. The Labute approximate surface area is 145 Å². The molecule has 1 amide bonds. The highest BCUT2D eigenvalue weighted by Crippen LogP contribution is 2.15. The van der Waals surface area contributed by atoms with Crippen molar-refractivity contribution in [2.75, 3.05) is 32.4 Å². The first-order valence-corrected chi connectivity index (χ1v) is 10.2. The lowest BCUT2D eigenvalue weighted by molar-refractivity contribution is 0.0952. The van der Waals surface area contributed by atoms with Gasteiger partial charge in [-0.15, -0.1) is 0 Å². The third kappa shape index (κ3) is 6.56. The van der Waals surface area contributed by atoms with E-state index in [-0.39, 0.29) is 5.91 Å². The molecule has 0 radical (unpaired) electrons.